The number of rotatable bonds is 9. The van der Waals surface area contributed by atoms with Gasteiger partial charge in [-0.15, -0.1) is 0 Å². The predicted molar refractivity (Wildman–Crippen MR) is 212 cm³/mol. The summed E-state index contributed by atoms with van der Waals surface area (Å²) in [6, 6.07) is 33.2. The van der Waals surface area contributed by atoms with Crippen LogP contribution in [0.25, 0.3) is 0 Å². The molecule has 1 spiro atoms. The molecule has 3 N–H and O–H groups in total. The van der Waals surface area contributed by atoms with Crippen molar-refractivity contribution in [3.63, 3.8) is 0 Å². The third-order valence-electron chi connectivity index (χ3n) is 12.8. The number of anilines is 1. The van der Waals surface area contributed by atoms with Gasteiger partial charge in [0.05, 0.1) is 12.0 Å². The normalized spacial score (nSPS) is 26.1. The second-order valence-electron chi connectivity index (χ2n) is 15.7. The molecule has 8 heteroatoms. The first kappa shape index (κ1) is 36.4. The molecule has 0 unspecified atom stereocenters. The van der Waals surface area contributed by atoms with Crippen LogP contribution in [0.15, 0.2) is 109 Å². The third kappa shape index (κ3) is 6.58. The average molecular weight is 728 g/mol. The number of nitrogens with zero attached hydrogens (tertiary/aromatic N) is 2. The third-order valence-corrected chi connectivity index (χ3v) is 12.8. The topological polar surface area (TPSA) is 97.5 Å². The van der Waals surface area contributed by atoms with Crippen molar-refractivity contribution < 1.29 is 24.1 Å². The van der Waals surface area contributed by atoms with Gasteiger partial charge in [-0.25, -0.2) is 0 Å². The summed E-state index contributed by atoms with van der Waals surface area (Å²) in [5.41, 5.74) is 12.1. The van der Waals surface area contributed by atoms with Crippen LogP contribution >= 0.6 is 0 Å². The Morgan fingerprint density at radius 2 is 1.61 bits per heavy atom. The number of nitrogens with two attached hydrogens (primary N) is 1. The van der Waals surface area contributed by atoms with Gasteiger partial charge in [0.25, 0.3) is 0 Å². The Morgan fingerprint density at radius 3 is 2.33 bits per heavy atom. The molecule has 2 aliphatic carbocycles. The lowest BCUT2D eigenvalue weighted by molar-refractivity contribution is -0.152. The van der Waals surface area contributed by atoms with Crippen LogP contribution in [0.4, 0.5) is 5.69 Å². The summed E-state index contributed by atoms with van der Waals surface area (Å²) in [7, 11) is 2.23. The van der Waals surface area contributed by atoms with Crippen molar-refractivity contribution in [2.45, 2.75) is 74.7 Å². The molecule has 282 valence electrons. The van der Waals surface area contributed by atoms with Gasteiger partial charge < -0.3 is 34.9 Å². The number of carbonyl (C=O) groups excluding carboxylic acids is 1. The van der Waals surface area contributed by atoms with Crippen LogP contribution in [-0.2, 0) is 39.8 Å². The van der Waals surface area contributed by atoms with Crippen LogP contribution in [0.5, 0.6) is 11.5 Å². The molecule has 0 radical (unpaired) electrons. The van der Waals surface area contributed by atoms with E-state index in [2.05, 4.69) is 71.5 Å². The number of aliphatic hydroxyl groups excluding tert-OH is 1. The van der Waals surface area contributed by atoms with E-state index < -0.39 is 11.5 Å². The minimum atomic E-state index is -0.569. The lowest BCUT2D eigenvalue weighted by Crippen LogP contribution is -2.64. The first-order chi connectivity index (χ1) is 26.3. The zero-order chi connectivity index (χ0) is 37.3. The fourth-order valence-corrected chi connectivity index (χ4v) is 9.84. The highest BCUT2D eigenvalue weighted by molar-refractivity contribution is 5.83. The predicted octanol–water partition coefficient (Wildman–Crippen LogP) is 6.48. The Kier molecular flexibility index (Phi) is 10.3. The van der Waals surface area contributed by atoms with Crippen molar-refractivity contribution in [1.82, 2.24) is 9.80 Å². The number of esters is 1. The van der Waals surface area contributed by atoms with Gasteiger partial charge in [-0.2, -0.15) is 0 Å². The maximum absolute atomic E-state index is 12.8. The molecule has 54 heavy (non-hydrogen) atoms. The van der Waals surface area contributed by atoms with Gasteiger partial charge in [0.1, 0.15) is 18.8 Å². The molecule has 9 rings (SSSR count). The van der Waals surface area contributed by atoms with Gasteiger partial charge in [0, 0.05) is 35.2 Å². The second kappa shape index (κ2) is 15.2. The van der Waals surface area contributed by atoms with E-state index in [-0.39, 0.29) is 17.5 Å². The van der Waals surface area contributed by atoms with Crippen LogP contribution in [-0.4, -0.2) is 79.0 Å². The number of benzene rings is 4. The minimum absolute atomic E-state index is 0.0793. The van der Waals surface area contributed by atoms with Gasteiger partial charge in [-0.1, -0.05) is 91.0 Å². The van der Waals surface area contributed by atoms with E-state index in [0.29, 0.717) is 25.2 Å². The molecule has 2 fully saturated rings. The molecule has 0 amide bonds. The van der Waals surface area contributed by atoms with Crippen LogP contribution < -0.4 is 15.2 Å². The first-order valence-electron chi connectivity index (χ1n) is 19.7. The second-order valence-corrected chi connectivity index (χ2v) is 15.7. The van der Waals surface area contributed by atoms with E-state index in [1.807, 2.05) is 61.5 Å². The van der Waals surface area contributed by atoms with Crippen molar-refractivity contribution >= 4 is 11.7 Å². The molecule has 4 aromatic rings. The van der Waals surface area contributed by atoms with E-state index in [4.69, 9.17) is 19.9 Å². The number of piperidine rings is 2. The Bertz CT molecular complexity index is 1940. The molecule has 0 saturated carbocycles. The molecule has 3 heterocycles. The monoisotopic (exact) mass is 727 g/mol. The smallest absolute Gasteiger partial charge is 0.316 e. The number of hydrogen-bond donors (Lipinski definition) is 2. The summed E-state index contributed by atoms with van der Waals surface area (Å²) in [5, 5.41) is 10.8. The minimum Gasteiger partial charge on any atom is -0.485 e. The number of likely N-dealkylation sites (N-methyl/N-ethyl adjacent to an activating group) is 1. The lowest BCUT2D eigenvalue weighted by Gasteiger charge is -2.56. The fourth-order valence-electron chi connectivity index (χ4n) is 9.84. The molecule has 5 aliphatic rings. The summed E-state index contributed by atoms with van der Waals surface area (Å²) in [6.07, 6.45) is 8.06. The van der Waals surface area contributed by atoms with Gasteiger partial charge in [0.2, 0.25) is 0 Å². The van der Waals surface area contributed by atoms with Gasteiger partial charge in [-0.3, -0.25) is 4.79 Å². The highest BCUT2D eigenvalue weighted by atomic mass is 16.5. The Balaban J connectivity index is 0.000000154. The van der Waals surface area contributed by atoms with E-state index in [0.717, 1.165) is 86.6 Å². The fraction of sp³-hybridized carbons (Fsp3) is 0.413. The Labute approximate surface area is 319 Å². The number of ether oxygens (including phenoxy) is 3. The Morgan fingerprint density at radius 1 is 0.889 bits per heavy atom. The number of nitrogen functional groups attached to an aromatic ring is 1. The van der Waals surface area contributed by atoms with Crippen molar-refractivity contribution in [2.75, 3.05) is 45.6 Å². The number of carbonyl (C=O) groups is 1. The lowest BCUT2D eigenvalue weighted by atomic mass is 9.53. The zero-order valence-corrected chi connectivity index (χ0v) is 31.5. The maximum Gasteiger partial charge on any atom is 0.316 e. The van der Waals surface area contributed by atoms with Crippen molar-refractivity contribution in [1.29, 1.82) is 0 Å². The van der Waals surface area contributed by atoms with Crippen molar-refractivity contribution in [2.24, 2.45) is 5.92 Å². The van der Waals surface area contributed by atoms with Crippen LogP contribution in [0.3, 0.4) is 0 Å². The molecule has 2 saturated heterocycles. The SMILES string of the molecule is CCOC(=O)C1(c2ccccc2)CCN(CCc2ccc(N)cc2)CC1.CN1CC[C@]23c4c5ccc(OCc6ccccc6)c4O[C@H]2[C@@H](O)C=C[C@H]3[C@H]1C5. The Hall–Kier alpha value is -4.63. The highest BCUT2D eigenvalue weighted by Gasteiger charge is 2.64. The zero-order valence-electron chi connectivity index (χ0n) is 31.5. The first-order valence-corrected chi connectivity index (χ1v) is 19.7. The molecule has 5 atom stereocenters. The van der Waals surface area contributed by atoms with Gasteiger partial charge in [0.15, 0.2) is 11.5 Å². The molecule has 0 aromatic heterocycles. The number of aliphatic hydroxyl groups is 1. The van der Waals surface area contributed by atoms with E-state index in [9.17, 15) is 9.90 Å². The van der Waals surface area contributed by atoms with E-state index in [1.165, 1.54) is 16.7 Å². The maximum atomic E-state index is 12.8. The summed E-state index contributed by atoms with van der Waals surface area (Å²) < 4.78 is 18.2. The molecule has 2 bridgehead atoms. The number of hydrogen-bond acceptors (Lipinski definition) is 8. The van der Waals surface area contributed by atoms with Crippen LogP contribution in [0, 0.1) is 5.92 Å². The van der Waals surface area contributed by atoms with E-state index in [1.54, 1.807) is 0 Å². The van der Waals surface area contributed by atoms with Crippen molar-refractivity contribution in [3.8, 4) is 11.5 Å². The summed E-state index contributed by atoms with van der Waals surface area (Å²) >= 11 is 0. The average Bonchev–Trinajstić information content (AvgIpc) is 3.57. The standard InChI is InChI=1S/C24H25NO3.C22H28N2O2/c1-25-12-11-24-17-8-9-19(26)23(24)28-22-20(27-14-15-5-3-2-4-6-15)10-7-16(21(22)24)13-18(17)25;1-2-26-21(25)22(19-6-4-3-5-7-19)13-16-24(17-14-22)15-12-18-8-10-20(23)11-9-18/h2-10,17-19,23,26H,11-14H2,1H3;3-11H,2,12-17,23H2,1H3/t17-,18+,19-,23-,24-;/m0./s1. The quantitative estimate of drug-likeness (QED) is 0.115. The highest BCUT2D eigenvalue weighted by Crippen LogP contribution is 2.62. The van der Waals surface area contributed by atoms with Gasteiger partial charge in [-0.05, 0) is 106 Å². The van der Waals surface area contributed by atoms with Crippen LogP contribution in [0.2, 0.25) is 0 Å². The summed E-state index contributed by atoms with van der Waals surface area (Å²) in [5.74, 6) is 1.98. The molecule has 3 aliphatic heterocycles. The number of likely N-dealkylation sites (tertiary alicyclic amines) is 2. The summed E-state index contributed by atoms with van der Waals surface area (Å²) in [4.78, 5) is 17.7. The molecule has 8 nitrogen and oxygen atoms in total. The van der Waals surface area contributed by atoms with Crippen LogP contribution in [0.1, 0.15) is 54.0 Å². The van der Waals surface area contributed by atoms with Gasteiger partial charge >= 0.3 is 5.97 Å². The molecular weight excluding hydrogens is 675 g/mol. The van der Waals surface area contributed by atoms with Crippen molar-refractivity contribution in [3.05, 3.63) is 137 Å². The van der Waals surface area contributed by atoms with E-state index >= 15 is 0 Å². The molecular formula is C46H53N3O5. The summed E-state index contributed by atoms with van der Waals surface area (Å²) in [6.45, 7) is 6.66. The largest absolute Gasteiger partial charge is 0.485 e. The molecule has 4 aromatic carbocycles.